The highest BCUT2D eigenvalue weighted by Gasteiger charge is 2.65. The van der Waals surface area contributed by atoms with Crippen LogP contribution in [0, 0.1) is 5.92 Å². The van der Waals surface area contributed by atoms with E-state index < -0.39 is 11.5 Å². The molecule has 0 N–H and O–H groups in total. The maximum atomic E-state index is 12.6. The molecule has 2 heterocycles. The molecule has 130 valence electrons. The highest BCUT2D eigenvalue weighted by atomic mass is 16.5. The van der Waals surface area contributed by atoms with Crippen LogP contribution in [-0.4, -0.2) is 49.7 Å². The highest BCUT2D eigenvalue weighted by Crippen LogP contribution is 2.62. The molecule has 2 bridgehead atoms. The lowest BCUT2D eigenvalue weighted by atomic mass is 9.53. The van der Waals surface area contributed by atoms with Gasteiger partial charge in [-0.2, -0.15) is 0 Å². The quantitative estimate of drug-likeness (QED) is 0.780. The van der Waals surface area contributed by atoms with Crippen molar-refractivity contribution < 1.29 is 23.8 Å². The molecule has 1 aromatic carbocycles. The fraction of sp³-hybridized carbons (Fsp3) is 0.474. The molecule has 1 amide bonds. The third-order valence-electron chi connectivity index (χ3n) is 6.34. The largest absolute Gasteiger partial charge is 0.493 e. The average molecular weight is 341 g/mol. The number of methoxy groups -OCH3 is 2. The molecule has 6 heteroatoms. The Bertz CT molecular complexity index is 831. The van der Waals surface area contributed by atoms with Crippen molar-refractivity contribution in [2.24, 2.45) is 5.92 Å². The minimum absolute atomic E-state index is 0.00683. The van der Waals surface area contributed by atoms with Gasteiger partial charge in [0.15, 0.2) is 23.4 Å². The molecule has 5 rings (SSSR count). The lowest BCUT2D eigenvalue weighted by Gasteiger charge is -2.55. The van der Waals surface area contributed by atoms with Crippen molar-refractivity contribution >= 4 is 11.9 Å². The van der Waals surface area contributed by atoms with Crippen molar-refractivity contribution in [1.29, 1.82) is 0 Å². The Labute approximate surface area is 145 Å². The molecule has 1 fully saturated rings. The minimum Gasteiger partial charge on any atom is -0.493 e. The molecule has 2 aliphatic heterocycles. The molecule has 1 spiro atoms. The van der Waals surface area contributed by atoms with Gasteiger partial charge in [-0.3, -0.25) is 4.79 Å². The summed E-state index contributed by atoms with van der Waals surface area (Å²) in [6.07, 6.45) is 4.15. The SMILES string of the molecule is COC(=O)N1CC[C@]23c4c5ccc(OC)c4O[C@H]2C(=O)C=C[C@H]3[C@H]1C5. The lowest BCUT2D eigenvalue weighted by Crippen LogP contribution is -2.65. The number of ether oxygens (including phenoxy) is 3. The maximum Gasteiger partial charge on any atom is 0.409 e. The van der Waals surface area contributed by atoms with Gasteiger partial charge in [-0.05, 0) is 30.5 Å². The summed E-state index contributed by atoms with van der Waals surface area (Å²) in [6.45, 7) is 0.560. The van der Waals surface area contributed by atoms with Crippen LogP contribution in [-0.2, 0) is 21.4 Å². The highest BCUT2D eigenvalue weighted by molar-refractivity contribution is 5.98. The van der Waals surface area contributed by atoms with Gasteiger partial charge in [-0.25, -0.2) is 4.79 Å². The van der Waals surface area contributed by atoms with E-state index >= 15 is 0 Å². The molecule has 6 nitrogen and oxygen atoms in total. The summed E-state index contributed by atoms with van der Waals surface area (Å²) in [7, 11) is 3.03. The van der Waals surface area contributed by atoms with E-state index in [4.69, 9.17) is 14.2 Å². The Morgan fingerprint density at radius 1 is 1.36 bits per heavy atom. The molecule has 0 saturated carbocycles. The fourth-order valence-electron chi connectivity index (χ4n) is 5.39. The Morgan fingerprint density at radius 2 is 2.20 bits per heavy atom. The number of carbonyl (C=O) groups excluding carboxylic acids is 2. The molecule has 4 aliphatic rings. The molecule has 0 radical (unpaired) electrons. The van der Waals surface area contributed by atoms with E-state index in [1.807, 2.05) is 18.2 Å². The van der Waals surface area contributed by atoms with Gasteiger partial charge in [0.2, 0.25) is 0 Å². The van der Waals surface area contributed by atoms with Crippen molar-refractivity contribution in [1.82, 2.24) is 4.90 Å². The number of nitrogens with zero attached hydrogens (tertiary/aromatic N) is 1. The van der Waals surface area contributed by atoms with E-state index in [0.29, 0.717) is 24.5 Å². The van der Waals surface area contributed by atoms with Gasteiger partial charge < -0.3 is 19.1 Å². The zero-order valence-electron chi connectivity index (χ0n) is 14.2. The van der Waals surface area contributed by atoms with Crippen LogP contribution in [0.4, 0.5) is 4.79 Å². The van der Waals surface area contributed by atoms with Gasteiger partial charge in [0.05, 0.1) is 19.6 Å². The summed E-state index contributed by atoms with van der Waals surface area (Å²) in [4.78, 5) is 26.7. The van der Waals surface area contributed by atoms with Crippen LogP contribution in [0.2, 0.25) is 0 Å². The monoisotopic (exact) mass is 341 g/mol. The zero-order chi connectivity index (χ0) is 17.3. The molecule has 0 unspecified atom stereocenters. The van der Waals surface area contributed by atoms with Crippen molar-refractivity contribution in [3.63, 3.8) is 0 Å². The van der Waals surface area contributed by atoms with Crippen LogP contribution < -0.4 is 9.47 Å². The van der Waals surface area contributed by atoms with E-state index in [0.717, 1.165) is 17.5 Å². The van der Waals surface area contributed by atoms with E-state index in [1.165, 1.54) is 7.11 Å². The van der Waals surface area contributed by atoms with Crippen molar-refractivity contribution in [3.05, 3.63) is 35.4 Å². The van der Waals surface area contributed by atoms with Crippen LogP contribution >= 0.6 is 0 Å². The van der Waals surface area contributed by atoms with E-state index in [1.54, 1.807) is 18.1 Å². The molecule has 4 atom stereocenters. The van der Waals surface area contributed by atoms with Gasteiger partial charge in [0.25, 0.3) is 0 Å². The van der Waals surface area contributed by atoms with E-state index in [-0.39, 0.29) is 23.8 Å². The topological polar surface area (TPSA) is 65.1 Å². The maximum absolute atomic E-state index is 12.6. The summed E-state index contributed by atoms with van der Waals surface area (Å²) < 4.78 is 16.6. The molecule has 2 aliphatic carbocycles. The smallest absolute Gasteiger partial charge is 0.409 e. The number of hydrogen-bond acceptors (Lipinski definition) is 5. The number of benzene rings is 1. The molecular weight excluding hydrogens is 322 g/mol. The van der Waals surface area contributed by atoms with Gasteiger partial charge in [0, 0.05) is 24.1 Å². The van der Waals surface area contributed by atoms with Gasteiger partial charge in [-0.1, -0.05) is 12.1 Å². The van der Waals surface area contributed by atoms with Crippen LogP contribution in [0.1, 0.15) is 17.5 Å². The Kier molecular flexibility index (Phi) is 2.83. The summed E-state index contributed by atoms with van der Waals surface area (Å²) in [5.74, 6) is 1.41. The predicted octanol–water partition coefficient (Wildman–Crippen LogP) is 1.85. The average Bonchev–Trinajstić information content (AvgIpc) is 2.97. The van der Waals surface area contributed by atoms with Gasteiger partial charge >= 0.3 is 6.09 Å². The van der Waals surface area contributed by atoms with Gasteiger partial charge in [-0.15, -0.1) is 0 Å². The van der Waals surface area contributed by atoms with E-state index in [2.05, 4.69) is 0 Å². The third kappa shape index (κ3) is 1.60. The summed E-state index contributed by atoms with van der Waals surface area (Å²) in [6, 6.07) is 3.90. The molecule has 25 heavy (non-hydrogen) atoms. The Hall–Kier alpha value is -2.50. The first-order chi connectivity index (χ1) is 12.1. The summed E-state index contributed by atoms with van der Waals surface area (Å²) in [5.41, 5.74) is 1.84. The number of piperidine rings is 1. The summed E-state index contributed by atoms with van der Waals surface area (Å²) in [5, 5.41) is 0. The number of likely N-dealkylation sites (tertiary alicyclic amines) is 1. The first kappa shape index (κ1) is 14.8. The molecular formula is C19H19NO5. The zero-order valence-corrected chi connectivity index (χ0v) is 14.2. The fourth-order valence-corrected chi connectivity index (χ4v) is 5.39. The second kappa shape index (κ2) is 4.77. The third-order valence-corrected chi connectivity index (χ3v) is 6.34. The molecule has 1 aromatic rings. The van der Waals surface area contributed by atoms with Crippen LogP contribution in [0.25, 0.3) is 0 Å². The Balaban J connectivity index is 1.75. The van der Waals surface area contributed by atoms with Crippen LogP contribution in [0.5, 0.6) is 11.5 Å². The summed E-state index contributed by atoms with van der Waals surface area (Å²) >= 11 is 0. The normalized spacial score (nSPS) is 33.6. The van der Waals surface area contributed by atoms with Crippen LogP contribution in [0.15, 0.2) is 24.3 Å². The van der Waals surface area contributed by atoms with Crippen LogP contribution in [0.3, 0.4) is 0 Å². The van der Waals surface area contributed by atoms with Gasteiger partial charge in [0.1, 0.15) is 0 Å². The predicted molar refractivity (Wildman–Crippen MR) is 87.9 cm³/mol. The number of carbonyl (C=O) groups is 2. The first-order valence-corrected chi connectivity index (χ1v) is 8.55. The number of amides is 1. The molecule has 0 aromatic heterocycles. The second-order valence-electron chi connectivity index (χ2n) is 7.14. The second-order valence-corrected chi connectivity index (χ2v) is 7.14. The van der Waals surface area contributed by atoms with Crippen molar-refractivity contribution in [2.75, 3.05) is 20.8 Å². The van der Waals surface area contributed by atoms with Crippen molar-refractivity contribution in [3.8, 4) is 11.5 Å². The number of hydrogen-bond donors (Lipinski definition) is 0. The lowest BCUT2D eigenvalue weighted by molar-refractivity contribution is -0.127. The van der Waals surface area contributed by atoms with Crippen molar-refractivity contribution in [2.45, 2.75) is 30.4 Å². The van der Waals surface area contributed by atoms with E-state index in [9.17, 15) is 9.59 Å². The minimum atomic E-state index is -0.532. The standard InChI is InChI=1S/C19H19NO5/c1-23-14-6-3-10-9-12-11-4-5-13(21)17-19(11,15(10)16(14)25-17)7-8-20(12)18(22)24-2/h3-6,11-12,17H,7-9H2,1-2H3/t11-,12+,17-,19-/m0/s1. The Morgan fingerprint density at radius 3 is 2.96 bits per heavy atom. The molecule has 1 saturated heterocycles. The number of rotatable bonds is 1. The number of ketones is 1. The first-order valence-electron chi connectivity index (χ1n) is 8.55.